The van der Waals surface area contributed by atoms with Crippen molar-refractivity contribution >= 4 is 15.9 Å². The van der Waals surface area contributed by atoms with Gasteiger partial charge in [-0.2, -0.15) is 4.31 Å². The fourth-order valence-electron chi connectivity index (χ4n) is 2.78. The van der Waals surface area contributed by atoms with Crippen molar-refractivity contribution in [2.45, 2.75) is 24.3 Å². The molecule has 1 N–H and O–H groups in total. The average Bonchev–Trinajstić information content (AvgIpc) is 2.61. The van der Waals surface area contributed by atoms with Crippen molar-refractivity contribution in [3.8, 4) is 0 Å². The average molecular weight is 369 g/mol. The number of benzene rings is 1. The van der Waals surface area contributed by atoms with Crippen LogP contribution in [0.4, 0.5) is 0 Å². The summed E-state index contributed by atoms with van der Waals surface area (Å²) < 4.78 is 27.1. The second-order valence-corrected chi connectivity index (χ2v) is 8.43. The molecule has 140 valence electrons. The number of aliphatic hydroxyl groups is 1. The van der Waals surface area contributed by atoms with E-state index in [1.54, 1.807) is 26.2 Å². The van der Waals surface area contributed by atoms with Crippen LogP contribution in [0.5, 0.6) is 0 Å². The van der Waals surface area contributed by atoms with Gasteiger partial charge < -0.3 is 10.0 Å². The van der Waals surface area contributed by atoms with E-state index in [-0.39, 0.29) is 16.9 Å². The summed E-state index contributed by atoms with van der Waals surface area (Å²) in [5, 5.41) is 9.73. The molecule has 25 heavy (non-hydrogen) atoms. The summed E-state index contributed by atoms with van der Waals surface area (Å²) in [7, 11) is -0.363. The zero-order valence-electron chi connectivity index (χ0n) is 15.1. The SMILES string of the molecule is CCC(O)CN1CCN(S(=O)(=O)c2cccc(C(=O)N(C)C)c2)CC1. The lowest BCUT2D eigenvalue weighted by molar-refractivity contribution is 0.0827. The fraction of sp³-hybridized carbons (Fsp3) is 0.588. The van der Waals surface area contributed by atoms with E-state index in [4.69, 9.17) is 0 Å². The van der Waals surface area contributed by atoms with Gasteiger partial charge in [0.15, 0.2) is 0 Å². The molecule has 0 spiro atoms. The Morgan fingerprint density at radius 1 is 1.24 bits per heavy atom. The second-order valence-electron chi connectivity index (χ2n) is 6.49. The summed E-state index contributed by atoms with van der Waals surface area (Å²) >= 11 is 0. The molecule has 2 rings (SSSR count). The third kappa shape index (κ3) is 4.78. The molecule has 1 amide bonds. The van der Waals surface area contributed by atoms with Crippen molar-refractivity contribution < 1.29 is 18.3 Å². The van der Waals surface area contributed by atoms with Crippen LogP contribution in [0.2, 0.25) is 0 Å². The van der Waals surface area contributed by atoms with E-state index < -0.39 is 10.0 Å². The Morgan fingerprint density at radius 3 is 2.44 bits per heavy atom. The van der Waals surface area contributed by atoms with E-state index >= 15 is 0 Å². The summed E-state index contributed by atoms with van der Waals surface area (Å²) in [6.07, 6.45) is 0.308. The number of carbonyl (C=O) groups is 1. The summed E-state index contributed by atoms with van der Waals surface area (Å²) in [5.41, 5.74) is 0.357. The number of piperazine rings is 1. The van der Waals surface area contributed by atoms with Crippen LogP contribution >= 0.6 is 0 Å². The lowest BCUT2D eigenvalue weighted by Gasteiger charge is -2.34. The monoisotopic (exact) mass is 369 g/mol. The van der Waals surface area contributed by atoms with Crippen LogP contribution in [-0.2, 0) is 10.0 Å². The zero-order valence-corrected chi connectivity index (χ0v) is 15.9. The van der Waals surface area contributed by atoms with Crippen LogP contribution in [0, 0.1) is 0 Å². The van der Waals surface area contributed by atoms with Gasteiger partial charge in [-0.15, -0.1) is 0 Å². The molecule has 7 nitrogen and oxygen atoms in total. The summed E-state index contributed by atoms with van der Waals surface area (Å²) in [6, 6.07) is 6.17. The quantitative estimate of drug-likeness (QED) is 0.788. The first-order valence-electron chi connectivity index (χ1n) is 8.48. The van der Waals surface area contributed by atoms with E-state index in [2.05, 4.69) is 4.90 Å². The molecule has 0 aliphatic carbocycles. The third-order valence-electron chi connectivity index (χ3n) is 4.40. The van der Waals surface area contributed by atoms with Gasteiger partial charge in [0.05, 0.1) is 11.0 Å². The van der Waals surface area contributed by atoms with Gasteiger partial charge in [-0.1, -0.05) is 13.0 Å². The molecule has 1 aliphatic rings. The van der Waals surface area contributed by atoms with Crippen molar-refractivity contribution in [2.75, 3.05) is 46.8 Å². The Labute approximate surface area is 149 Å². The van der Waals surface area contributed by atoms with E-state index in [1.807, 2.05) is 6.92 Å². The summed E-state index contributed by atoms with van der Waals surface area (Å²) in [4.78, 5) is 15.7. The molecule has 1 unspecified atom stereocenters. The van der Waals surface area contributed by atoms with Crippen LogP contribution in [0.25, 0.3) is 0 Å². The van der Waals surface area contributed by atoms with Gasteiger partial charge in [-0.3, -0.25) is 9.69 Å². The van der Waals surface area contributed by atoms with Crippen LogP contribution in [-0.4, -0.2) is 86.5 Å². The van der Waals surface area contributed by atoms with Gasteiger partial charge in [0, 0.05) is 52.4 Å². The minimum absolute atomic E-state index is 0.141. The highest BCUT2D eigenvalue weighted by Crippen LogP contribution is 2.19. The molecule has 1 fully saturated rings. The minimum atomic E-state index is -3.63. The molecule has 1 aromatic carbocycles. The Balaban J connectivity index is 2.10. The smallest absolute Gasteiger partial charge is 0.253 e. The number of rotatable bonds is 6. The molecule has 0 aromatic heterocycles. The lowest BCUT2D eigenvalue weighted by atomic mass is 10.2. The molecule has 0 saturated carbocycles. The number of sulfonamides is 1. The van der Waals surface area contributed by atoms with Gasteiger partial charge in [0.1, 0.15) is 0 Å². The van der Waals surface area contributed by atoms with E-state index in [0.717, 1.165) is 0 Å². The number of amides is 1. The molecule has 0 radical (unpaired) electrons. The summed E-state index contributed by atoms with van der Waals surface area (Å²) in [5.74, 6) is -0.226. The predicted molar refractivity (Wildman–Crippen MR) is 96.0 cm³/mol. The first-order chi connectivity index (χ1) is 11.8. The topological polar surface area (TPSA) is 81.2 Å². The van der Waals surface area contributed by atoms with E-state index in [9.17, 15) is 18.3 Å². The van der Waals surface area contributed by atoms with Crippen molar-refractivity contribution in [3.63, 3.8) is 0 Å². The fourth-order valence-corrected chi connectivity index (χ4v) is 4.25. The number of β-amino-alcohol motifs (C(OH)–C–C–N with tert-alkyl or cyclic N) is 1. The van der Waals surface area contributed by atoms with Gasteiger partial charge in [-0.25, -0.2) is 8.42 Å². The molecule has 8 heteroatoms. The van der Waals surface area contributed by atoms with Gasteiger partial charge in [0.25, 0.3) is 5.91 Å². The zero-order chi connectivity index (χ0) is 18.6. The summed E-state index contributed by atoms with van der Waals surface area (Å²) in [6.45, 7) is 4.43. The molecular weight excluding hydrogens is 342 g/mol. The van der Waals surface area contributed by atoms with Crippen LogP contribution in [0.15, 0.2) is 29.2 Å². The number of hydrogen-bond acceptors (Lipinski definition) is 5. The Bertz CT molecular complexity index is 698. The number of nitrogens with zero attached hydrogens (tertiary/aromatic N) is 3. The normalized spacial score (nSPS) is 18.1. The maximum atomic E-state index is 12.9. The first kappa shape index (κ1) is 19.8. The van der Waals surface area contributed by atoms with Crippen LogP contribution in [0.1, 0.15) is 23.7 Å². The van der Waals surface area contributed by atoms with Crippen molar-refractivity contribution in [1.82, 2.24) is 14.1 Å². The molecule has 1 heterocycles. The van der Waals surface area contributed by atoms with Gasteiger partial charge in [0.2, 0.25) is 10.0 Å². The molecule has 1 aromatic rings. The number of carbonyl (C=O) groups excluding carboxylic acids is 1. The van der Waals surface area contributed by atoms with Crippen LogP contribution < -0.4 is 0 Å². The number of hydrogen-bond donors (Lipinski definition) is 1. The van der Waals surface area contributed by atoms with E-state index in [0.29, 0.717) is 44.7 Å². The first-order valence-corrected chi connectivity index (χ1v) is 9.92. The lowest BCUT2D eigenvalue weighted by Crippen LogP contribution is -2.50. The van der Waals surface area contributed by atoms with E-state index in [1.165, 1.54) is 21.3 Å². The Morgan fingerprint density at radius 2 is 1.88 bits per heavy atom. The Kier molecular flexibility index (Phi) is 6.56. The van der Waals surface area contributed by atoms with Crippen molar-refractivity contribution in [1.29, 1.82) is 0 Å². The Hall–Kier alpha value is -1.48. The predicted octanol–water partition coefficient (Wildman–Crippen LogP) is 0.466. The van der Waals surface area contributed by atoms with Crippen molar-refractivity contribution in [2.24, 2.45) is 0 Å². The van der Waals surface area contributed by atoms with Crippen molar-refractivity contribution in [3.05, 3.63) is 29.8 Å². The standard InChI is InChI=1S/C17H27N3O4S/c1-4-15(21)13-19-8-10-20(11-9-19)25(23,24)16-7-5-6-14(12-16)17(22)18(2)3/h5-7,12,15,21H,4,8-11,13H2,1-3H3. The minimum Gasteiger partial charge on any atom is -0.392 e. The molecule has 1 aliphatic heterocycles. The third-order valence-corrected chi connectivity index (χ3v) is 6.29. The molecule has 0 bridgehead atoms. The van der Waals surface area contributed by atoms with Gasteiger partial charge >= 0.3 is 0 Å². The second kappa shape index (κ2) is 8.27. The highest BCUT2D eigenvalue weighted by molar-refractivity contribution is 7.89. The molecule has 1 saturated heterocycles. The highest BCUT2D eigenvalue weighted by Gasteiger charge is 2.29. The molecular formula is C17H27N3O4S. The molecule has 1 atom stereocenters. The number of aliphatic hydroxyl groups excluding tert-OH is 1. The highest BCUT2D eigenvalue weighted by atomic mass is 32.2. The maximum Gasteiger partial charge on any atom is 0.253 e. The van der Waals surface area contributed by atoms with Crippen LogP contribution in [0.3, 0.4) is 0 Å². The van der Waals surface area contributed by atoms with Gasteiger partial charge in [-0.05, 0) is 24.6 Å². The largest absolute Gasteiger partial charge is 0.392 e. The maximum absolute atomic E-state index is 12.9.